The Labute approximate surface area is 770 Å². The Bertz CT molecular complexity index is 4710. The van der Waals surface area contributed by atoms with Crippen molar-refractivity contribution < 1.29 is 122 Å². The van der Waals surface area contributed by atoms with Crippen LogP contribution in [-0.4, -0.2) is 232 Å². The maximum absolute atomic E-state index is 12.5. The molecule has 8 aromatic heterocycles. The minimum Gasteiger partial charge on any atom is -1.00 e. The quantitative estimate of drug-likeness (QED) is 0.0116. The molecule has 8 rings (SSSR count). The van der Waals surface area contributed by atoms with Gasteiger partial charge in [-0.2, -0.15) is 0 Å². The predicted octanol–water partition coefficient (Wildman–Crippen LogP) is -0.454. The number of aryl methyl sites for hydroxylation is 8. The summed E-state index contributed by atoms with van der Waals surface area (Å²) in [5.74, 6) is -2.25. The highest BCUT2D eigenvalue weighted by molar-refractivity contribution is 6.30. The molecule has 0 radical (unpaired) electrons. The van der Waals surface area contributed by atoms with Gasteiger partial charge in [-0.05, 0) is 127 Å². The molecule has 0 aliphatic rings. The van der Waals surface area contributed by atoms with Crippen LogP contribution in [0.4, 0.5) is 46.5 Å². The smallest absolute Gasteiger partial charge is 0.390 e. The number of alkyl halides is 7. The summed E-state index contributed by atoms with van der Waals surface area (Å²) in [6.45, 7) is 18.1. The van der Waals surface area contributed by atoms with Gasteiger partial charge in [0.25, 0.3) is 6.47 Å². The van der Waals surface area contributed by atoms with Crippen LogP contribution < -0.4 is 49.6 Å². The van der Waals surface area contributed by atoms with Gasteiger partial charge in [0.05, 0.1) is 96.2 Å². The van der Waals surface area contributed by atoms with Crippen molar-refractivity contribution in [3.63, 3.8) is 0 Å². The third kappa shape index (κ3) is 32.1. The molecule has 0 aliphatic carbocycles. The van der Waals surface area contributed by atoms with Crippen molar-refractivity contribution in [1.29, 1.82) is 0 Å². The van der Waals surface area contributed by atoms with Crippen molar-refractivity contribution in [2.24, 2.45) is 0 Å². The highest BCUT2D eigenvalue weighted by Gasteiger charge is 2.39. The largest absolute Gasteiger partial charge is 1.00 e. The van der Waals surface area contributed by atoms with Crippen LogP contribution in [0.25, 0.3) is 0 Å². The second-order valence-corrected chi connectivity index (χ2v) is 32.4. The summed E-state index contributed by atoms with van der Waals surface area (Å²) in [4.78, 5) is 140. The molecular formula is C66H97Cl11N27O20-. The number of ether oxygens (including phenoxy) is 2. The molecule has 0 spiro atoms. The van der Waals surface area contributed by atoms with E-state index in [4.69, 9.17) is 90.7 Å². The minimum atomic E-state index is -1.54. The van der Waals surface area contributed by atoms with E-state index in [9.17, 15) is 90.5 Å². The molecule has 0 bridgehead atoms. The molecule has 0 saturated heterocycles. The van der Waals surface area contributed by atoms with Crippen LogP contribution in [0.15, 0.2) is 50.6 Å². The van der Waals surface area contributed by atoms with Gasteiger partial charge in [0.1, 0.15) is 59.3 Å². The van der Waals surface area contributed by atoms with Gasteiger partial charge in [0, 0.05) is 58.8 Å². The van der Waals surface area contributed by atoms with E-state index in [2.05, 4.69) is 46.8 Å². The number of carbonyl (C=O) groups is 2. The summed E-state index contributed by atoms with van der Waals surface area (Å²) in [5, 5.41) is 87.8. The number of imidazole rings is 8. The van der Waals surface area contributed by atoms with Crippen molar-refractivity contribution in [3.8, 4) is 0 Å². The second kappa shape index (κ2) is 51.5. The molecular weight excluding hydrogens is 1880 g/mol. The van der Waals surface area contributed by atoms with Gasteiger partial charge < -0.3 is 190 Å². The summed E-state index contributed by atoms with van der Waals surface area (Å²) in [6.07, 6.45) is 12.1. The summed E-state index contributed by atoms with van der Waals surface area (Å²) in [7, 11) is 9.80. The van der Waals surface area contributed by atoms with E-state index in [-0.39, 0.29) is 152 Å². The van der Waals surface area contributed by atoms with E-state index < -0.39 is 78.9 Å². The van der Waals surface area contributed by atoms with Gasteiger partial charge in [0.15, 0.2) is 22.5 Å². The molecule has 0 saturated carbocycles. The first-order valence-corrected chi connectivity index (χ1v) is 39.7. The first-order valence-electron chi connectivity index (χ1n) is 36.1. The van der Waals surface area contributed by atoms with Crippen LogP contribution in [0.1, 0.15) is 125 Å². The molecule has 3 atom stereocenters. The maximum Gasteiger partial charge on any atom is 0.390 e. The standard InChI is InChI=1S/C21H35Cl3N8O4.C20H26Cl2N6O8.C14H22N7O4.C10H10Cl2N6O4.CH4.4ClH/c1-4-10-31(2,11-5-22)14-18-20(29(33)34)25-16-27(18)8-9-28-17-26-21(30(35)36)19(28)15-32(3,12-6-23)13-7-24;1-19(2,3)36-18(30)13(22)15-17(28(33)34)24-10-26(15)7-6-25-9-23-16(27(31)32)14(25)12(21)8-20(4,5)35-11-29;1-5-11-13(19(22)23)15-9-17(11)6-7-18-10-16-14(20(24)25)12(18)8-21(2,3)4;11-3-7-9(17(19)20)13-5-15(7)1-2-16-6-14-10(18(21)22)8(16)4-12;;;;;/h16-17H,4-15H2,1-3H3;9-13H,6-8H2,1-5H3;9-10H,5-8H2,1-4H3;5-6H,1-4H2;1H4;4*1H/q+2;;+1;;;;;;/p-4. The number of halogens is 11. The molecule has 0 amide bonds. The van der Waals surface area contributed by atoms with E-state index in [0.29, 0.717) is 139 Å². The Morgan fingerprint density at radius 1 is 0.419 bits per heavy atom. The fourth-order valence-corrected chi connectivity index (χ4v) is 15.1. The molecule has 0 aromatic carbocycles. The lowest BCUT2D eigenvalue weighted by atomic mass is 10.0. The van der Waals surface area contributed by atoms with Gasteiger partial charge in [-0.25, -0.2) is 4.79 Å². The number of hydrogen-bond donors (Lipinski definition) is 0. The van der Waals surface area contributed by atoms with Crippen LogP contribution >= 0.6 is 81.2 Å². The molecule has 47 nitrogen and oxygen atoms in total. The first kappa shape index (κ1) is 115. The summed E-state index contributed by atoms with van der Waals surface area (Å²) < 4.78 is 24.4. The number of esters is 1. The number of aromatic nitrogens is 16. The Hall–Kier alpha value is -9.11. The third-order valence-corrected chi connectivity index (χ3v) is 19.8. The molecule has 8 heterocycles. The zero-order valence-corrected chi connectivity index (χ0v) is 76.8. The third-order valence-electron chi connectivity index (χ3n) is 18.1. The summed E-state index contributed by atoms with van der Waals surface area (Å²) in [5.41, 5.74) is 0.523. The van der Waals surface area contributed by atoms with Crippen molar-refractivity contribution in [3.05, 3.63) is 177 Å². The fourth-order valence-electron chi connectivity index (χ4n) is 12.4. The van der Waals surface area contributed by atoms with Gasteiger partial charge in [0.2, 0.25) is 50.6 Å². The Morgan fingerprint density at radius 3 is 0.960 bits per heavy atom. The van der Waals surface area contributed by atoms with E-state index in [0.717, 1.165) is 19.3 Å². The van der Waals surface area contributed by atoms with Crippen LogP contribution in [0, 0.1) is 80.9 Å². The van der Waals surface area contributed by atoms with Crippen LogP contribution in [0.2, 0.25) is 0 Å². The minimum absolute atomic E-state index is 0. The highest BCUT2D eigenvalue weighted by Crippen LogP contribution is 2.38. The average molecular weight is 1980 g/mol. The SMILES string of the molecule is C.CC(C)(C)OC(=O)C(Cl)c1c([N+](=O)[O-])ncn1CCn1cnc([N+](=O)[O-])c1C(Cl)CC(C)(C)OC=O.CCC[N+](C)(CCCl)Cc1c([N+](=O)[O-])ncn1CCn1cnc([N+](=O)[O-])c1C[N+](C)(CCCl)CCCl.CCc1c([N+](=O)[O-])ncn1CCn1cnc([N+](=O)[O-])c1C[N+](C)(C)C.O=[N+]([O-])c1ncn(CCn2cnc([N+](=O)[O-])c2CCl)c1CCl.[Cl-].[Cl-].[Cl-].[Cl-]. The first-order chi connectivity index (χ1) is 55.7. The van der Waals surface area contributed by atoms with Crippen LogP contribution in [0.3, 0.4) is 0 Å². The second-order valence-electron chi connectivity index (χ2n) is 29.7. The van der Waals surface area contributed by atoms with Crippen LogP contribution in [0.5, 0.6) is 0 Å². The molecule has 58 heteroatoms. The van der Waals surface area contributed by atoms with E-state index >= 15 is 0 Å². The lowest BCUT2D eigenvalue weighted by Crippen LogP contribution is -3.00. The molecule has 3 unspecified atom stereocenters. The van der Waals surface area contributed by atoms with Crippen molar-refractivity contribution in [2.45, 2.75) is 181 Å². The maximum atomic E-state index is 12.5. The van der Waals surface area contributed by atoms with Gasteiger partial charge in [-0.15, -0.1) is 81.2 Å². The van der Waals surface area contributed by atoms with E-state index in [1.807, 2.05) is 42.2 Å². The Kier molecular flexibility index (Phi) is 47.7. The average Bonchev–Trinajstić information content (AvgIpc) is 1.63. The fraction of sp³-hybridized carbons (Fsp3) is 0.606. The molecule has 8 aromatic rings. The number of nitrogens with zero attached hydrogens (tertiary/aromatic N) is 27. The molecule has 0 N–H and O–H groups in total. The zero-order chi connectivity index (χ0) is 89.4. The monoisotopic (exact) mass is 1970 g/mol. The van der Waals surface area contributed by atoms with E-state index in [1.165, 1.54) is 62.6 Å². The van der Waals surface area contributed by atoms with Crippen molar-refractivity contribution in [2.75, 3.05) is 79.1 Å². The normalized spacial score (nSPS) is 12.2. The van der Waals surface area contributed by atoms with Crippen molar-refractivity contribution >= 4 is 140 Å². The number of hydrogen-bond acceptors (Lipinski definition) is 28. The number of quaternary nitrogens is 3. The van der Waals surface area contributed by atoms with Gasteiger partial charge in [-0.3, -0.25) is 4.79 Å². The molecule has 0 aliphatic heterocycles. The molecule has 0 fully saturated rings. The lowest BCUT2D eigenvalue weighted by molar-refractivity contribution is -0.920. The predicted molar refractivity (Wildman–Crippen MR) is 439 cm³/mol. The molecule has 694 valence electrons. The number of nitro groups is 8. The zero-order valence-electron chi connectivity index (χ0n) is 68.5. The van der Waals surface area contributed by atoms with Crippen molar-refractivity contribution in [1.82, 2.24) is 76.4 Å². The van der Waals surface area contributed by atoms with E-state index in [1.54, 1.807) is 52.9 Å². The highest BCUT2D eigenvalue weighted by atomic mass is 35.5. The lowest BCUT2D eigenvalue weighted by Gasteiger charge is -2.33. The number of carbonyl (C=O) groups excluding carboxylic acids is 2. The summed E-state index contributed by atoms with van der Waals surface area (Å²) in [6, 6.07) is 0. The van der Waals surface area contributed by atoms with Crippen LogP contribution in [-0.2, 0) is 109 Å². The van der Waals surface area contributed by atoms with Gasteiger partial charge in [-0.1, -0.05) is 21.3 Å². The molecule has 124 heavy (non-hydrogen) atoms. The summed E-state index contributed by atoms with van der Waals surface area (Å²) >= 11 is 42.2. The Balaban J connectivity index is 0.00000163. The Morgan fingerprint density at radius 2 is 0.677 bits per heavy atom. The number of rotatable bonds is 44. The van der Waals surface area contributed by atoms with Gasteiger partial charge >= 0.3 is 52.5 Å². The topological polar surface area (TPSA) is 540 Å².